The summed E-state index contributed by atoms with van der Waals surface area (Å²) in [6.45, 7) is 0.320. The summed E-state index contributed by atoms with van der Waals surface area (Å²) < 4.78 is 16.7. The first kappa shape index (κ1) is 19.0. The molecule has 2 N–H and O–H groups in total. The number of carbonyl (C=O) groups excluding carboxylic acids is 1. The number of rotatable bonds is 7. The monoisotopic (exact) mass is 380 g/mol. The van der Waals surface area contributed by atoms with Crippen LogP contribution in [-0.4, -0.2) is 30.2 Å². The Bertz CT molecular complexity index is 935. The van der Waals surface area contributed by atoms with Crippen LogP contribution in [0.3, 0.4) is 0 Å². The molecular formula is C21H20N2O5. The molecule has 7 heteroatoms. The fourth-order valence-corrected chi connectivity index (χ4v) is 2.56. The van der Waals surface area contributed by atoms with Crippen LogP contribution < -0.4 is 19.5 Å². The highest BCUT2D eigenvalue weighted by Crippen LogP contribution is 2.39. The van der Waals surface area contributed by atoms with E-state index in [9.17, 15) is 9.90 Å². The molecule has 1 aromatic heterocycles. The molecule has 0 fully saturated rings. The molecule has 0 saturated heterocycles. The van der Waals surface area contributed by atoms with Crippen molar-refractivity contribution in [3.8, 4) is 23.0 Å². The molecule has 144 valence electrons. The smallest absolute Gasteiger partial charge is 0.257 e. The Labute approximate surface area is 162 Å². The van der Waals surface area contributed by atoms with Crippen LogP contribution in [0, 0.1) is 0 Å². The molecule has 0 spiro atoms. The number of nitrogens with one attached hydrogen (secondary N) is 1. The SMILES string of the molecule is COc1cc(C(=O)Nc2ncccc2O)cc(OC)c1OCc1ccccc1. The minimum atomic E-state index is -0.472. The van der Waals surface area contributed by atoms with Gasteiger partial charge in [-0.15, -0.1) is 0 Å². The molecule has 0 saturated carbocycles. The van der Waals surface area contributed by atoms with E-state index in [1.54, 1.807) is 6.07 Å². The van der Waals surface area contributed by atoms with Gasteiger partial charge in [-0.05, 0) is 29.8 Å². The van der Waals surface area contributed by atoms with Crippen molar-refractivity contribution in [3.05, 3.63) is 71.9 Å². The van der Waals surface area contributed by atoms with Gasteiger partial charge in [0.1, 0.15) is 6.61 Å². The Hall–Kier alpha value is -3.74. The van der Waals surface area contributed by atoms with Crippen LogP contribution in [0.5, 0.6) is 23.0 Å². The molecule has 28 heavy (non-hydrogen) atoms. The van der Waals surface area contributed by atoms with E-state index in [2.05, 4.69) is 10.3 Å². The summed E-state index contributed by atoms with van der Waals surface area (Å²) in [5.41, 5.74) is 1.25. The second-order valence-corrected chi connectivity index (χ2v) is 5.81. The first-order chi connectivity index (χ1) is 13.6. The average molecular weight is 380 g/mol. The number of methoxy groups -OCH3 is 2. The van der Waals surface area contributed by atoms with Crippen molar-refractivity contribution in [1.29, 1.82) is 0 Å². The molecule has 2 aromatic carbocycles. The Balaban J connectivity index is 1.85. The molecular weight excluding hydrogens is 360 g/mol. The molecule has 7 nitrogen and oxygen atoms in total. The van der Waals surface area contributed by atoms with Crippen LogP contribution in [0.1, 0.15) is 15.9 Å². The van der Waals surface area contributed by atoms with E-state index >= 15 is 0 Å². The number of carbonyl (C=O) groups is 1. The summed E-state index contributed by atoms with van der Waals surface area (Å²) in [6.07, 6.45) is 1.47. The number of ether oxygens (including phenoxy) is 3. The molecule has 0 aliphatic heterocycles. The van der Waals surface area contributed by atoms with Gasteiger partial charge in [0.05, 0.1) is 14.2 Å². The van der Waals surface area contributed by atoms with Crippen molar-refractivity contribution in [3.63, 3.8) is 0 Å². The third-order valence-electron chi connectivity index (χ3n) is 3.97. The molecule has 0 radical (unpaired) electrons. The van der Waals surface area contributed by atoms with Gasteiger partial charge in [0.15, 0.2) is 23.1 Å². The van der Waals surface area contributed by atoms with Crippen molar-refractivity contribution in [2.75, 3.05) is 19.5 Å². The lowest BCUT2D eigenvalue weighted by Gasteiger charge is -2.16. The number of anilines is 1. The van der Waals surface area contributed by atoms with E-state index in [-0.39, 0.29) is 17.1 Å². The van der Waals surface area contributed by atoms with E-state index < -0.39 is 5.91 Å². The first-order valence-corrected chi connectivity index (χ1v) is 8.50. The van der Waals surface area contributed by atoms with Crippen molar-refractivity contribution in [2.45, 2.75) is 6.61 Å². The van der Waals surface area contributed by atoms with Crippen molar-refractivity contribution < 1.29 is 24.1 Å². The van der Waals surface area contributed by atoms with Gasteiger partial charge in [0.25, 0.3) is 5.91 Å². The van der Waals surface area contributed by atoms with Gasteiger partial charge in [0.2, 0.25) is 5.75 Å². The molecule has 1 heterocycles. The minimum Gasteiger partial charge on any atom is -0.504 e. The molecule has 0 unspecified atom stereocenters. The maximum atomic E-state index is 12.6. The van der Waals surface area contributed by atoms with E-state index in [0.717, 1.165) is 5.56 Å². The van der Waals surface area contributed by atoms with Crippen LogP contribution in [0.15, 0.2) is 60.8 Å². The number of aromatic hydroxyl groups is 1. The second kappa shape index (κ2) is 8.77. The third-order valence-corrected chi connectivity index (χ3v) is 3.97. The van der Waals surface area contributed by atoms with E-state index in [4.69, 9.17) is 14.2 Å². The predicted octanol–water partition coefficient (Wildman–Crippen LogP) is 3.64. The minimum absolute atomic E-state index is 0.0647. The molecule has 3 rings (SSSR count). The molecule has 0 bridgehead atoms. The number of pyridine rings is 1. The quantitative estimate of drug-likeness (QED) is 0.650. The van der Waals surface area contributed by atoms with E-state index in [1.165, 1.54) is 38.6 Å². The summed E-state index contributed by atoms with van der Waals surface area (Å²) in [5, 5.41) is 12.3. The summed E-state index contributed by atoms with van der Waals surface area (Å²) >= 11 is 0. The number of nitrogens with zero attached hydrogens (tertiary/aromatic N) is 1. The van der Waals surface area contributed by atoms with Crippen LogP contribution in [-0.2, 0) is 6.61 Å². The topological polar surface area (TPSA) is 89.9 Å². The highest BCUT2D eigenvalue weighted by Gasteiger charge is 2.19. The lowest BCUT2D eigenvalue weighted by molar-refractivity contribution is 0.102. The van der Waals surface area contributed by atoms with Gasteiger partial charge in [0, 0.05) is 11.8 Å². The van der Waals surface area contributed by atoms with Gasteiger partial charge in [-0.2, -0.15) is 0 Å². The maximum absolute atomic E-state index is 12.6. The summed E-state index contributed by atoms with van der Waals surface area (Å²) in [6, 6.07) is 15.7. The number of amides is 1. The number of benzene rings is 2. The zero-order chi connectivity index (χ0) is 19.9. The lowest BCUT2D eigenvalue weighted by atomic mass is 10.1. The van der Waals surface area contributed by atoms with E-state index in [0.29, 0.717) is 23.9 Å². The fraction of sp³-hybridized carbons (Fsp3) is 0.143. The largest absolute Gasteiger partial charge is 0.504 e. The summed E-state index contributed by atoms with van der Waals surface area (Å²) in [5.74, 6) is 0.565. The number of hydrogen-bond acceptors (Lipinski definition) is 6. The predicted molar refractivity (Wildman–Crippen MR) is 104 cm³/mol. The lowest BCUT2D eigenvalue weighted by Crippen LogP contribution is -2.13. The summed E-state index contributed by atoms with van der Waals surface area (Å²) in [7, 11) is 2.97. The zero-order valence-corrected chi connectivity index (χ0v) is 15.5. The Morgan fingerprint density at radius 3 is 2.32 bits per heavy atom. The van der Waals surface area contributed by atoms with Gasteiger partial charge < -0.3 is 24.6 Å². The standard InChI is InChI=1S/C21H20N2O5/c1-26-17-11-15(21(25)23-20-16(24)9-6-10-22-20)12-18(27-2)19(17)28-13-14-7-4-3-5-8-14/h3-12,24H,13H2,1-2H3,(H,22,23,25). The third kappa shape index (κ3) is 4.32. The maximum Gasteiger partial charge on any atom is 0.257 e. The highest BCUT2D eigenvalue weighted by molar-refractivity contribution is 6.05. The second-order valence-electron chi connectivity index (χ2n) is 5.81. The number of aromatic nitrogens is 1. The van der Waals surface area contributed by atoms with Crippen molar-refractivity contribution in [2.24, 2.45) is 0 Å². The Morgan fingerprint density at radius 2 is 1.71 bits per heavy atom. The van der Waals surface area contributed by atoms with Crippen LogP contribution in [0.25, 0.3) is 0 Å². The number of hydrogen-bond donors (Lipinski definition) is 2. The molecule has 0 aliphatic carbocycles. The van der Waals surface area contributed by atoms with Crippen molar-refractivity contribution in [1.82, 2.24) is 4.98 Å². The molecule has 3 aromatic rings. The van der Waals surface area contributed by atoms with Crippen molar-refractivity contribution >= 4 is 11.7 Å². The molecule has 0 atom stereocenters. The highest BCUT2D eigenvalue weighted by atomic mass is 16.5. The fourth-order valence-electron chi connectivity index (χ4n) is 2.56. The molecule has 0 aliphatic rings. The average Bonchev–Trinajstić information content (AvgIpc) is 2.73. The van der Waals surface area contributed by atoms with Crippen LogP contribution >= 0.6 is 0 Å². The normalized spacial score (nSPS) is 10.2. The van der Waals surface area contributed by atoms with Gasteiger partial charge in [-0.25, -0.2) is 4.98 Å². The zero-order valence-electron chi connectivity index (χ0n) is 15.5. The Morgan fingerprint density at radius 1 is 1.04 bits per heavy atom. The van der Waals surface area contributed by atoms with Gasteiger partial charge in [-0.1, -0.05) is 30.3 Å². The molecule has 1 amide bonds. The van der Waals surface area contributed by atoms with Gasteiger partial charge in [-0.3, -0.25) is 4.79 Å². The summed E-state index contributed by atoms with van der Waals surface area (Å²) in [4.78, 5) is 16.5. The van der Waals surface area contributed by atoms with Crippen LogP contribution in [0.2, 0.25) is 0 Å². The Kier molecular flexibility index (Phi) is 5.96. The van der Waals surface area contributed by atoms with E-state index in [1.807, 2.05) is 30.3 Å². The van der Waals surface area contributed by atoms with Gasteiger partial charge >= 0.3 is 0 Å². The van der Waals surface area contributed by atoms with Crippen LogP contribution in [0.4, 0.5) is 5.82 Å². The first-order valence-electron chi connectivity index (χ1n) is 8.50.